The van der Waals surface area contributed by atoms with Crippen molar-refractivity contribution in [3.05, 3.63) is 59.5 Å². The maximum Gasteiger partial charge on any atom is 0.232 e. The number of amides is 1. The third kappa shape index (κ3) is 4.15. The zero-order valence-corrected chi connectivity index (χ0v) is 17.4. The normalized spacial score (nSPS) is 16.2. The molecule has 0 bridgehead atoms. The van der Waals surface area contributed by atoms with Crippen LogP contribution in [0.5, 0.6) is 11.5 Å². The van der Waals surface area contributed by atoms with Crippen LogP contribution in [0.2, 0.25) is 0 Å². The lowest BCUT2D eigenvalue weighted by atomic mass is 10.1. The third-order valence-electron chi connectivity index (χ3n) is 5.40. The number of benzene rings is 2. The summed E-state index contributed by atoms with van der Waals surface area (Å²) >= 11 is 0. The molecular formula is C23H25N3O4. The summed E-state index contributed by atoms with van der Waals surface area (Å²) in [6.45, 7) is 3.36. The summed E-state index contributed by atoms with van der Waals surface area (Å²) in [7, 11) is 3.17. The standard InChI is InChI=1S/C23H25N3O4/c1-15-5-4-6-16(11-15)9-10-26-14-18(13-21(26)27)23-24-22(25-30-23)17-7-8-19(28-2)20(12-17)29-3/h4-8,11-12,18H,9-10,13-14H2,1-3H3. The predicted octanol–water partition coefficient (Wildman–Crippen LogP) is 3.62. The molecular weight excluding hydrogens is 382 g/mol. The molecule has 2 heterocycles. The Hall–Kier alpha value is -3.35. The van der Waals surface area contributed by atoms with E-state index in [4.69, 9.17) is 14.0 Å². The number of hydrogen-bond donors (Lipinski definition) is 0. The Balaban J connectivity index is 1.43. The minimum absolute atomic E-state index is 0.0867. The van der Waals surface area contributed by atoms with Crippen LogP contribution < -0.4 is 9.47 Å². The molecule has 1 amide bonds. The van der Waals surface area contributed by atoms with Gasteiger partial charge in [-0.15, -0.1) is 0 Å². The fourth-order valence-corrected chi connectivity index (χ4v) is 3.78. The van der Waals surface area contributed by atoms with Crippen LogP contribution in [0.15, 0.2) is 47.0 Å². The smallest absolute Gasteiger partial charge is 0.232 e. The molecule has 7 nitrogen and oxygen atoms in total. The van der Waals surface area contributed by atoms with E-state index in [1.165, 1.54) is 11.1 Å². The Bertz CT molecular complexity index is 1050. The van der Waals surface area contributed by atoms with Crippen LogP contribution in [0.4, 0.5) is 0 Å². The molecule has 4 rings (SSSR count). The number of carbonyl (C=O) groups is 1. The Kier molecular flexibility index (Phi) is 5.70. The van der Waals surface area contributed by atoms with Crippen molar-refractivity contribution in [2.75, 3.05) is 27.3 Å². The van der Waals surface area contributed by atoms with Gasteiger partial charge < -0.3 is 18.9 Å². The lowest BCUT2D eigenvalue weighted by Crippen LogP contribution is -2.27. The van der Waals surface area contributed by atoms with Crippen molar-refractivity contribution in [1.82, 2.24) is 15.0 Å². The first-order valence-corrected chi connectivity index (χ1v) is 9.96. The van der Waals surface area contributed by atoms with E-state index < -0.39 is 0 Å². The predicted molar refractivity (Wildman–Crippen MR) is 112 cm³/mol. The van der Waals surface area contributed by atoms with E-state index in [1.54, 1.807) is 26.4 Å². The molecule has 156 valence electrons. The number of aryl methyl sites for hydroxylation is 1. The first-order valence-electron chi connectivity index (χ1n) is 9.96. The van der Waals surface area contributed by atoms with E-state index in [9.17, 15) is 4.79 Å². The van der Waals surface area contributed by atoms with Gasteiger partial charge in [0.2, 0.25) is 17.6 Å². The van der Waals surface area contributed by atoms with E-state index in [2.05, 4.69) is 35.3 Å². The van der Waals surface area contributed by atoms with Crippen LogP contribution >= 0.6 is 0 Å². The average molecular weight is 407 g/mol. The van der Waals surface area contributed by atoms with Gasteiger partial charge in [-0.25, -0.2) is 0 Å². The molecule has 3 aromatic rings. The summed E-state index contributed by atoms with van der Waals surface area (Å²) in [5.74, 6) is 2.23. The first-order chi connectivity index (χ1) is 14.6. The fraction of sp³-hybridized carbons (Fsp3) is 0.348. The molecule has 1 atom stereocenters. The van der Waals surface area contributed by atoms with Crippen LogP contribution in [0.1, 0.15) is 29.4 Å². The maximum atomic E-state index is 12.5. The van der Waals surface area contributed by atoms with E-state index >= 15 is 0 Å². The van der Waals surface area contributed by atoms with Gasteiger partial charge in [-0.05, 0) is 37.1 Å². The minimum atomic E-state index is -0.0867. The van der Waals surface area contributed by atoms with Crippen LogP contribution in [-0.2, 0) is 11.2 Å². The second kappa shape index (κ2) is 8.57. The number of aromatic nitrogens is 2. The number of methoxy groups -OCH3 is 2. The highest BCUT2D eigenvalue weighted by Crippen LogP contribution is 2.33. The highest BCUT2D eigenvalue weighted by Gasteiger charge is 2.34. The van der Waals surface area contributed by atoms with E-state index in [0.29, 0.717) is 42.7 Å². The Morgan fingerprint density at radius 2 is 1.97 bits per heavy atom. The summed E-state index contributed by atoms with van der Waals surface area (Å²) in [6.07, 6.45) is 1.22. The number of likely N-dealkylation sites (tertiary alicyclic amines) is 1. The molecule has 1 saturated heterocycles. The summed E-state index contributed by atoms with van der Waals surface area (Å²) in [5, 5.41) is 4.10. The maximum absolute atomic E-state index is 12.5. The van der Waals surface area contributed by atoms with Crippen molar-refractivity contribution >= 4 is 5.91 Å². The average Bonchev–Trinajstić information content (AvgIpc) is 3.39. The van der Waals surface area contributed by atoms with E-state index in [1.807, 2.05) is 17.0 Å². The molecule has 0 saturated carbocycles. The van der Waals surface area contributed by atoms with Gasteiger partial charge in [-0.1, -0.05) is 35.0 Å². The van der Waals surface area contributed by atoms with Crippen LogP contribution in [-0.4, -0.2) is 48.3 Å². The van der Waals surface area contributed by atoms with Gasteiger partial charge >= 0.3 is 0 Å². The van der Waals surface area contributed by atoms with Gasteiger partial charge in [0, 0.05) is 25.1 Å². The number of hydrogen-bond acceptors (Lipinski definition) is 6. The summed E-state index contributed by atoms with van der Waals surface area (Å²) in [4.78, 5) is 18.9. The zero-order valence-electron chi connectivity index (χ0n) is 17.4. The molecule has 7 heteroatoms. The van der Waals surface area contributed by atoms with Gasteiger partial charge in [0.15, 0.2) is 11.5 Å². The summed E-state index contributed by atoms with van der Waals surface area (Å²) in [6, 6.07) is 13.8. The molecule has 1 aromatic heterocycles. The van der Waals surface area contributed by atoms with E-state index in [0.717, 1.165) is 12.0 Å². The van der Waals surface area contributed by atoms with Crippen LogP contribution in [0.25, 0.3) is 11.4 Å². The highest BCUT2D eigenvalue weighted by molar-refractivity contribution is 5.79. The molecule has 1 fully saturated rings. The molecule has 0 radical (unpaired) electrons. The molecule has 0 N–H and O–H groups in total. The fourth-order valence-electron chi connectivity index (χ4n) is 3.78. The van der Waals surface area contributed by atoms with E-state index in [-0.39, 0.29) is 11.8 Å². The third-order valence-corrected chi connectivity index (χ3v) is 5.40. The molecule has 1 aliphatic rings. The molecule has 1 unspecified atom stereocenters. The summed E-state index contributed by atoms with van der Waals surface area (Å²) in [5.41, 5.74) is 3.23. The first kappa shape index (κ1) is 19.9. The lowest BCUT2D eigenvalue weighted by Gasteiger charge is -2.16. The second-order valence-corrected chi connectivity index (χ2v) is 7.51. The topological polar surface area (TPSA) is 77.7 Å². The molecule has 2 aromatic carbocycles. The quantitative estimate of drug-likeness (QED) is 0.595. The van der Waals surface area contributed by atoms with Gasteiger partial charge in [-0.2, -0.15) is 4.98 Å². The van der Waals surface area contributed by atoms with Gasteiger partial charge in [0.25, 0.3) is 0 Å². The number of ether oxygens (including phenoxy) is 2. The van der Waals surface area contributed by atoms with Crippen molar-refractivity contribution in [2.45, 2.75) is 25.7 Å². The number of rotatable bonds is 7. The Morgan fingerprint density at radius 3 is 2.73 bits per heavy atom. The molecule has 1 aliphatic heterocycles. The minimum Gasteiger partial charge on any atom is -0.493 e. The van der Waals surface area contributed by atoms with Crippen LogP contribution in [0.3, 0.4) is 0 Å². The summed E-state index contributed by atoms with van der Waals surface area (Å²) < 4.78 is 16.1. The second-order valence-electron chi connectivity index (χ2n) is 7.51. The van der Waals surface area contributed by atoms with Gasteiger partial charge in [0.1, 0.15) is 0 Å². The largest absolute Gasteiger partial charge is 0.493 e. The number of carbonyl (C=O) groups excluding carboxylic acids is 1. The van der Waals surface area contributed by atoms with Gasteiger partial charge in [-0.3, -0.25) is 4.79 Å². The van der Waals surface area contributed by atoms with Crippen molar-refractivity contribution in [3.8, 4) is 22.9 Å². The SMILES string of the molecule is COc1ccc(-c2noc(C3CC(=O)N(CCc4cccc(C)c4)C3)n2)cc1OC. The monoisotopic (exact) mass is 407 g/mol. The number of nitrogens with zero attached hydrogens (tertiary/aromatic N) is 3. The Morgan fingerprint density at radius 1 is 1.13 bits per heavy atom. The Labute approximate surface area is 175 Å². The zero-order chi connectivity index (χ0) is 21.1. The lowest BCUT2D eigenvalue weighted by molar-refractivity contribution is -0.127. The van der Waals surface area contributed by atoms with Crippen molar-refractivity contribution in [2.24, 2.45) is 0 Å². The van der Waals surface area contributed by atoms with Crippen molar-refractivity contribution in [1.29, 1.82) is 0 Å². The molecule has 0 aliphatic carbocycles. The molecule has 0 spiro atoms. The van der Waals surface area contributed by atoms with Crippen molar-refractivity contribution in [3.63, 3.8) is 0 Å². The van der Waals surface area contributed by atoms with Crippen molar-refractivity contribution < 1.29 is 18.8 Å². The highest BCUT2D eigenvalue weighted by atomic mass is 16.5. The molecule has 30 heavy (non-hydrogen) atoms. The van der Waals surface area contributed by atoms with Crippen LogP contribution in [0, 0.1) is 6.92 Å². The van der Waals surface area contributed by atoms with Gasteiger partial charge in [0.05, 0.1) is 20.1 Å².